The Bertz CT molecular complexity index is 390. The molecule has 7 nitrogen and oxygen atoms in total. The lowest BCUT2D eigenvalue weighted by Crippen LogP contribution is -2.57. The first-order chi connectivity index (χ1) is 10.0. The maximum absolute atomic E-state index is 12.6. The fourth-order valence-electron chi connectivity index (χ4n) is 3.17. The molecule has 0 aromatic rings. The molecular formula is C14H24N2O5. The highest BCUT2D eigenvalue weighted by Gasteiger charge is 2.35. The molecule has 120 valence electrons. The van der Waals surface area contributed by atoms with Crippen LogP contribution in [-0.2, 0) is 9.53 Å². The maximum atomic E-state index is 12.6. The number of aliphatic hydroxyl groups excluding tert-OH is 1. The van der Waals surface area contributed by atoms with Crippen molar-refractivity contribution in [3.63, 3.8) is 0 Å². The molecule has 3 unspecified atom stereocenters. The Morgan fingerprint density at radius 1 is 1.33 bits per heavy atom. The average molecular weight is 300 g/mol. The predicted molar refractivity (Wildman–Crippen MR) is 75.0 cm³/mol. The Labute approximate surface area is 124 Å². The summed E-state index contributed by atoms with van der Waals surface area (Å²) in [7, 11) is 1.69. The highest BCUT2D eigenvalue weighted by atomic mass is 16.5. The summed E-state index contributed by atoms with van der Waals surface area (Å²) >= 11 is 0. The number of rotatable bonds is 3. The summed E-state index contributed by atoms with van der Waals surface area (Å²) in [6.45, 7) is 1.06. The van der Waals surface area contributed by atoms with Gasteiger partial charge in [0.25, 0.3) is 0 Å². The molecule has 1 saturated carbocycles. The van der Waals surface area contributed by atoms with Gasteiger partial charge in [-0.2, -0.15) is 0 Å². The summed E-state index contributed by atoms with van der Waals surface area (Å²) in [6.07, 6.45) is 2.88. The van der Waals surface area contributed by atoms with Crippen LogP contribution >= 0.6 is 0 Å². The van der Waals surface area contributed by atoms with Crippen molar-refractivity contribution < 1.29 is 24.5 Å². The molecule has 1 aliphatic heterocycles. The number of urea groups is 1. The van der Waals surface area contributed by atoms with Crippen molar-refractivity contribution >= 4 is 12.0 Å². The van der Waals surface area contributed by atoms with Gasteiger partial charge in [0, 0.05) is 13.6 Å². The Hall–Kier alpha value is -1.34. The van der Waals surface area contributed by atoms with E-state index in [-0.39, 0.29) is 25.1 Å². The Balaban J connectivity index is 2.03. The Kier molecular flexibility index (Phi) is 5.41. The number of carbonyl (C=O) groups is 2. The molecular weight excluding hydrogens is 276 g/mol. The van der Waals surface area contributed by atoms with E-state index in [0.717, 1.165) is 19.3 Å². The average Bonchev–Trinajstić information content (AvgIpc) is 2.46. The van der Waals surface area contributed by atoms with E-state index in [4.69, 9.17) is 9.84 Å². The molecule has 1 saturated heterocycles. The summed E-state index contributed by atoms with van der Waals surface area (Å²) < 4.78 is 5.28. The number of hydrogen-bond donors (Lipinski definition) is 2. The number of hydrogen-bond acceptors (Lipinski definition) is 4. The zero-order valence-electron chi connectivity index (χ0n) is 12.4. The molecule has 0 aromatic carbocycles. The van der Waals surface area contributed by atoms with Crippen molar-refractivity contribution in [1.82, 2.24) is 9.80 Å². The van der Waals surface area contributed by atoms with E-state index in [1.165, 1.54) is 0 Å². The van der Waals surface area contributed by atoms with Gasteiger partial charge in [0.05, 0.1) is 37.8 Å². The van der Waals surface area contributed by atoms with E-state index in [2.05, 4.69) is 0 Å². The normalized spacial score (nSPS) is 30.0. The molecule has 7 heteroatoms. The molecule has 3 atom stereocenters. The first kappa shape index (κ1) is 16.0. The zero-order chi connectivity index (χ0) is 15.4. The summed E-state index contributed by atoms with van der Waals surface area (Å²) in [6, 6.07) is -0.831. The number of morpholine rings is 1. The van der Waals surface area contributed by atoms with Gasteiger partial charge in [0.1, 0.15) is 0 Å². The predicted octanol–water partition coefficient (Wildman–Crippen LogP) is 0.517. The minimum atomic E-state index is -0.941. The van der Waals surface area contributed by atoms with Gasteiger partial charge in [-0.25, -0.2) is 4.79 Å². The second-order valence-electron chi connectivity index (χ2n) is 5.83. The topological polar surface area (TPSA) is 90.3 Å². The van der Waals surface area contributed by atoms with E-state index < -0.39 is 18.1 Å². The second-order valence-corrected chi connectivity index (χ2v) is 5.83. The van der Waals surface area contributed by atoms with Crippen LogP contribution in [-0.4, -0.2) is 77.0 Å². The number of carbonyl (C=O) groups excluding carboxylic acids is 1. The molecule has 0 spiro atoms. The Morgan fingerprint density at radius 2 is 2.05 bits per heavy atom. The first-order valence-electron chi connectivity index (χ1n) is 7.51. The molecule has 0 bridgehead atoms. The van der Waals surface area contributed by atoms with Crippen LogP contribution in [0.15, 0.2) is 0 Å². The number of nitrogens with zero attached hydrogens (tertiary/aromatic N) is 2. The highest BCUT2D eigenvalue weighted by molar-refractivity contribution is 5.76. The number of aliphatic hydroxyl groups is 1. The SMILES string of the molecule is CN(C(=O)N1CCOCC1CC(=O)O)C1CCCCC1O. The van der Waals surface area contributed by atoms with Gasteiger partial charge in [0.15, 0.2) is 0 Å². The molecule has 0 aromatic heterocycles. The monoisotopic (exact) mass is 300 g/mol. The third-order valence-corrected chi connectivity index (χ3v) is 4.38. The number of carboxylic acids is 1. The van der Waals surface area contributed by atoms with Crippen molar-refractivity contribution in [2.45, 2.75) is 50.3 Å². The zero-order valence-corrected chi connectivity index (χ0v) is 12.4. The molecule has 0 radical (unpaired) electrons. The summed E-state index contributed by atoms with van der Waals surface area (Å²) in [5.41, 5.74) is 0. The van der Waals surface area contributed by atoms with Crippen molar-refractivity contribution in [2.24, 2.45) is 0 Å². The largest absolute Gasteiger partial charge is 0.481 e. The minimum Gasteiger partial charge on any atom is -0.481 e. The van der Waals surface area contributed by atoms with Gasteiger partial charge in [-0.1, -0.05) is 12.8 Å². The van der Waals surface area contributed by atoms with Gasteiger partial charge < -0.3 is 24.7 Å². The van der Waals surface area contributed by atoms with Crippen LogP contribution in [0.3, 0.4) is 0 Å². The van der Waals surface area contributed by atoms with Crippen molar-refractivity contribution in [3.8, 4) is 0 Å². The fourth-order valence-corrected chi connectivity index (χ4v) is 3.17. The molecule has 2 amide bonds. The lowest BCUT2D eigenvalue weighted by molar-refractivity contribution is -0.139. The molecule has 2 aliphatic rings. The third-order valence-electron chi connectivity index (χ3n) is 4.38. The van der Waals surface area contributed by atoms with Crippen LogP contribution in [0, 0.1) is 0 Å². The van der Waals surface area contributed by atoms with Crippen LogP contribution in [0.1, 0.15) is 32.1 Å². The van der Waals surface area contributed by atoms with Crippen LogP contribution in [0.4, 0.5) is 4.79 Å². The summed E-state index contributed by atoms with van der Waals surface area (Å²) in [4.78, 5) is 26.7. The second kappa shape index (κ2) is 7.09. The third kappa shape index (κ3) is 3.85. The molecule has 21 heavy (non-hydrogen) atoms. The van der Waals surface area contributed by atoms with E-state index in [9.17, 15) is 14.7 Å². The van der Waals surface area contributed by atoms with Gasteiger partial charge in [0.2, 0.25) is 0 Å². The van der Waals surface area contributed by atoms with Crippen molar-refractivity contribution in [2.75, 3.05) is 26.8 Å². The highest BCUT2D eigenvalue weighted by Crippen LogP contribution is 2.24. The number of aliphatic carboxylic acids is 1. The molecule has 1 aliphatic carbocycles. The van der Waals surface area contributed by atoms with Crippen LogP contribution in [0.5, 0.6) is 0 Å². The number of likely N-dealkylation sites (N-methyl/N-ethyl adjacent to an activating group) is 1. The van der Waals surface area contributed by atoms with Crippen LogP contribution < -0.4 is 0 Å². The van der Waals surface area contributed by atoms with Crippen LogP contribution in [0.2, 0.25) is 0 Å². The van der Waals surface area contributed by atoms with Crippen molar-refractivity contribution in [3.05, 3.63) is 0 Å². The van der Waals surface area contributed by atoms with E-state index in [1.807, 2.05) is 0 Å². The standard InChI is InChI=1S/C14H24N2O5/c1-15(11-4-2-3-5-12(11)17)14(20)16-6-7-21-9-10(16)8-13(18)19/h10-12,17H,2-9H2,1H3,(H,18,19). The number of carboxylic acid groups (broad SMARTS) is 1. The van der Waals surface area contributed by atoms with E-state index in [1.54, 1.807) is 16.8 Å². The lowest BCUT2D eigenvalue weighted by Gasteiger charge is -2.41. The molecule has 2 rings (SSSR count). The van der Waals surface area contributed by atoms with Gasteiger partial charge in [-0.3, -0.25) is 4.79 Å². The van der Waals surface area contributed by atoms with E-state index in [0.29, 0.717) is 19.6 Å². The number of ether oxygens (including phenoxy) is 1. The van der Waals surface area contributed by atoms with Gasteiger partial charge >= 0.3 is 12.0 Å². The summed E-state index contributed by atoms with van der Waals surface area (Å²) in [5, 5.41) is 19.0. The first-order valence-corrected chi connectivity index (χ1v) is 7.51. The molecule has 2 N–H and O–H groups in total. The smallest absolute Gasteiger partial charge is 0.320 e. The fraction of sp³-hybridized carbons (Fsp3) is 0.857. The quantitative estimate of drug-likeness (QED) is 0.793. The van der Waals surface area contributed by atoms with E-state index >= 15 is 0 Å². The van der Waals surface area contributed by atoms with Gasteiger partial charge in [-0.15, -0.1) is 0 Å². The maximum Gasteiger partial charge on any atom is 0.320 e. The van der Waals surface area contributed by atoms with Crippen molar-refractivity contribution in [1.29, 1.82) is 0 Å². The minimum absolute atomic E-state index is 0.118. The number of amides is 2. The molecule has 2 fully saturated rings. The molecule has 1 heterocycles. The van der Waals surface area contributed by atoms with Gasteiger partial charge in [-0.05, 0) is 12.8 Å². The lowest BCUT2D eigenvalue weighted by atomic mass is 9.92. The van der Waals surface area contributed by atoms with Crippen LogP contribution in [0.25, 0.3) is 0 Å². The Morgan fingerprint density at radius 3 is 2.71 bits per heavy atom. The summed E-state index contributed by atoms with van der Waals surface area (Å²) in [5.74, 6) is -0.941.